The van der Waals surface area contributed by atoms with E-state index in [-0.39, 0.29) is 18.4 Å². The number of hydrogen-bond donors (Lipinski definition) is 1. The van der Waals surface area contributed by atoms with Crippen molar-refractivity contribution in [2.24, 2.45) is 0 Å². The van der Waals surface area contributed by atoms with Crippen molar-refractivity contribution in [1.82, 2.24) is 19.6 Å². The standard InChI is InChI=1S/C11H17N5O2/c1-3-16-10(8(12)6-13-16)11(18)15-5-4-14(2)9(17)7-15/h6H,3-5,7,12H2,1-2H3. The zero-order valence-corrected chi connectivity index (χ0v) is 10.6. The first-order valence-corrected chi connectivity index (χ1v) is 5.89. The van der Waals surface area contributed by atoms with Crippen molar-refractivity contribution in [3.63, 3.8) is 0 Å². The molecule has 0 bridgehead atoms. The topological polar surface area (TPSA) is 84.5 Å². The van der Waals surface area contributed by atoms with Gasteiger partial charge < -0.3 is 15.5 Å². The second-order valence-corrected chi connectivity index (χ2v) is 4.31. The Labute approximate surface area is 105 Å². The van der Waals surface area contributed by atoms with Crippen LogP contribution in [0, 0.1) is 0 Å². The van der Waals surface area contributed by atoms with Gasteiger partial charge >= 0.3 is 0 Å². The third kappa shape index (κ3) is 2.03. The summed E-state index contributed by atoms with van der Waals surface area (Å²) in [7, 11) is 1.73. The van der Waals surface area contributed by atoms with Crippen LogP contribution in [0.4, 0.5) is 5.69 Å². The molecule has 0 aromatic carbocycles. The van der Waals surface area contributed by atoms with Crippen molar-refractivity contribution in [2.75, 3.05) is 32.4 Å². The Hall–Kier alpha value is -2.05. The van der Waals surface area contributed by atoms with Gasteiger partial charge in [0.05, 0.1) is 11.9 Å². The molecule has 0 atom stereocenters. The predicted molar refractivity (Wildman–Crippen MR) is 65.9 cm³/mol. The van der Waals surface area contributed by atoms with E-state index in [1.165, 1.54) is 11.1 Å². The number of aromatic nitrogens is 2. The highest BCUT2D eigenvalue weighted by Gasteiger charge is 2.28. The maximum Gasteiger partial charge on any atom is 0.274 e. The van der Waals surface area contributed by atoms with Crippen molar-refractivity contribution in [1.29, 1.82) is 0 Å². The molecule has 2 rings (SSSR count). The average Bonchev–Trinajstić information content (AvgIpc) is 2.73. The van der Waals surface area contributed by atoms with Crippen LogP contribution >= 0.6 is 0 Å². The molecule has 2 N–H and O–H groups in total. The SMILES string of the molecule is CCn1ncc(N)c1C(=O)N1CCN(C)C(=O)C1. The van der Waals surface area contributed by atoms with Gasteiger partial charge in [0.25, 0.3) is 5.91 Å². The van der Waals surface area contributed by atoms with E-state index in [4.69, 9.17) is 5.73 Å². The number of nitrogen functional groups attached to an aromatic ring is 1. The molecule has 7 nitrogen and oxygen atoms in total. The number of aryl methyl sites for hydroxylation is 1. The lowest BCUT2D eigenvalue weighted by molar-refractivity contribution is -0.133. The summed E-state index contributed by atoms with van der Waals surface area (Å²) in [5.41, 5.74) is 6.49. The van der Waals surface area contributed by atoms with E-state index in [1.807, 2.05) is 6.92 Å². The number of nitrogens with zero attached hydrogens (tertiary/aromatic N) is 4. The molecule has 0 spiro atoms. The third-order valence-corrected chi connectivity index (χ3v) is 3.11. The van der Waals surface area contributed by atoms with Crippen LogP contribution in [0.1, 0.15) is 17.4 Å². The molecule has 0 radical (unpaired) electrons. The molecule has 2 heterocycles. The monoisotopic (exact) mass is 251 g/mol. The fraction of sp³-hybridized carbons (Fsp3) is 0.545. The summed E-state index contributed by atoms with van der Waals surface area (Å²) in [6.45, 7) is 3.63. The van der Waals surface area contributed by atoms with Crippen LogP contribution in [0.3, 0.4) is 0 Å². The maximum atomic E-state index is 12.3. The van der Waals surface area contributed by atoms with Gasteiger partial charge in [0, 0.05) is 26.7 Å². The van der Waals surface area contributed by atoms with Gasteiger partial charge in [-0.2, -0.15) is 5.10 Å². The number of amides is 2. The number of carbonyl (C=O) groups excluding carboxylic acids is 2. The first kappa shape index (κ1) is 12.4. The zero-order chi connectivity index (χ0) is 13.3. The van der Waals surface area contributed by atoms with Gasteiger partial charge in [-0.15, -0.1) is 0 Å². The molecule has 0 aliphatic carbocycles. The van der Waals surface area contributed by atoms with E-state index in [0.717, 1.165) is 0 Å². The molecule has 2 amide bonds. The Balaban J connectivity index is 2.21. The van der Waals surface area contributed by atoms with Crippen LogP contribution in [0.15, 0.2) is 6.20 Å². The van der Waals surface area contributed by atoms with E-state index >= 15 is 0 Å². The fourth-order valence-corrected chi connectivity index (χ4v) is 1.96. The van der Waals surface area contributed by atoms with E-state index in [2.05, 4.69) is 5.10 Å². The summed E-state index contributed by atoms with van der Waals surface area (Å²) in [5, 5.41) is 4.03. The van der Waals surface area contributed by atoms with Crippen molar-refractivity contribution in [3.8, 4) is 0 Å². The molecular weight excluding hydrogens is 234 g/mol. The van der Waals surface area contributed by atoms with Crippen LogP contribution in [0.5, 0.6) is 0 Å². The molecule has 7 heteroatoms. The summed E-state index contributed by atoms with van der Waals surface area (Å²) >= 11 is 0. The number of likely N-dealkylation sites (N-methyl/N-ethyl adjacent to an activating group) is 1. The van der Waals surface area contributed by atoms with Crippen LogP contribution in [-0.2, 0) is 11.3 Å². The van der Waals surface area contributed by atoms with Crippen LogP contribution in [0.2, 0.25) is 0 Å². The fourth-order valence-electron chi connectivity index (χ4n) is 1.96. The molecule has 18 heavy (non-hydrogen) atoms. The second kappa shape index (κ2) is 4.67. The van der Waals surface area contributed by atoms with Crippen molar-refractivity contribution in [3.05, 3.63) is 11.9 Å². The van der Waals surface area contributed by atoms with Crippen LogP contribution in [0.25, 0.3) is 0 Å². The first-order valence-electron chi connectivity index (χ1n) is 5.89. The number of hydrogen-bond acceptors (Lipinski definition) is 4. The molecule has 98 valence electrons. The molecule has 1 aliphatic heterocycles. The molecule has 0 unspecified atom stereocenters. The largest absolute Gasteiger partial charge is 0.396 e. The van der Waals surface area contributed by atoms with E-state index in [9.17, 15) is 9.59 Å². The number of carbonyl (C=O) groups is 2. The number of anilines is 1. The Morgan fingerprint density at radius 1 is 1.50 bits per heavy atom. The van der Waals surface area contributed by atoms with Crippen molar-refractivity contribution >= 4 is 17.5 Å². The quantitative estimate of drug-likeness (QED) is 0.760. The highest BCUT2D eigenvalue weighted by Crippen LogP contribution is 2.15. The van der Waals surface area contributed by atoms with Gasteiger partial charge in [0.1, 0.15) is 12.2 Å². The lowest BCUT2D eigenvalue weighted by Crippen LogP contribution is -2.51. The molecule has 1 saturated heterocycles. The number of piperazine rings is 1. The minimum atomic E-state index is -0.228. The zero-order valence-electron chi connectivity index (χ0n) is 10.6. The molecule has 1 fully saturated rings. The second-order valence-electron chi connectivity index (χ2n) is 4.31. The Morgan fingerprint density at radius 3 is 2.83 bits per heavy atom. The smallest absolute Gasteiger partial charge is 0.274 e. The molecule has 1 aromatic rings. The highest BCUT2D eigenvalue weighted by molar-refractivity contribution is 5.99. The third-order valence-electron chi connectivity index (χ3n) is 3.11. The van der Waals surface area contributed by atoms with Gasteiger partial charge in [-0.3, -0.25) is 14.3 Å². The minimum absolute atomic E-state index is 0.0595. The summed E-state index contributed by atoms with van der Waals surface area (Å²) in [6.07, 6.45) is 1.47. The summed E-state index contributed by atoms with van der Waals surface area (Å²) in [6, 6.07) is 0. The summed E-state index contributed by atoms with van der Waals surface area (Å²) in [4.78, 5) is 27.1. The van der Waals surface area contributed by atoms with E-state index in [0.29, 0.717) is 31.0 Å². The lowest BCUT2D eigenvalue weighted by atomic mass is 10.2. The molecular formula is C11H17N5O2. The van der Waals surface area contributed by atoms with Crippen LogP contribution in [-0.4, -0.2) is 58.1 Å². The van der Waals surface area contributed by atoms with Crippen LogP contribution < -0.4 is 5.73 Å². The van der Waals surface area contributed by atoms with Gasteiger partial charge in [-0.25, -0.2) is 0 Å². The maximum absolute atomic E-state index is 12.3. The average molecular weight is 251 g/mol. The molecule has 1 aromatic heterocycles. The van der Waals surface area contributed by atoms with Gasteiger partial charge in [-0.1, -0.05) is 0 Å². The Morgan fingerprint density at radius 2 is 2.22 bits per heavy atom. The molecule has 1 aliphatic rings. The summed E-state index contributed by atoms with van der Waals surface area (Å²) < 4.78 is 1.56. The van der Waals surface area contributed by atoms with Gasteiger partial charge in [0.15, 0.2) is 0 Å². The Kier molecular flexibility index (Phi) is 3.22. The minimum Gasteiger partial charge on any atom is -0.396 e. The van der Waals surface area contributed by atoms with Crippen molar-refractivity contribution < 1.29 is 9.59 Å². The number of rotatable bonds is 2. The lowest BCUT2D eigenvalue weighted by Gasteiger charge is -2.32. The molecule has 0 saturated carbocycles. The Bertz CT molecular complexity index is 482. The first-order chi connectivity index (χ1) is 8.54. The predicted octanol–water partition coefficient (Wildman–Crippen LogP) is -0.601. The normalized spacial score (nSPS) is 16.2. The van der Waals surface area contributed by atoms with Crippen molar-refractivity contribution in [2.45, 2.75) is 13.5 Å². The van der Waals surface area contributed by atoms with Gasteiger partial charge in [-0.05, 0) is 6.92 Å². The van der Waals surface area contributed by atoms with E-state index < -0.39 is 0 Å². The number of nitrogens with two attached hydrogens (primary N) is 1. The van der Waals surface area contributed by atoms with E-state index in [1.54, 1.807) is 16.6 Å². The summed E-state index contributed by atoms with van der Waals surface area (Å²) in [5.74, 6) is -0.288. The van der Waals surface area contributed by atoms with Gasteiger partial charge in [0.2, 0.25) is 5.91 Å². The highest BCUT2D eigenvalue weighted by atomic mass is 16.2.